The van der Waals surface area contributed by atoms with Gasteiger partial charge in [-0.3, -0.25) is 4.79 Å². The topological polar surface area (TPSA) is 41.1 Å². The second-order valence-corrected chi connectivity index (χ2v) is 3.49. The van der Waals surface area contributed by atoms with E-state index in [4.69, 9.17) is 0 Å². The first-order chi connectivity index (χ1) is 6.84. The molecular weight excluding hydrogens is 176 g/mol. The van der Waals surface area contributed by atoms with Gasteiger partial charge in [0.15, 0.2) is 0 Å². The third-order valence-corrected chi connectivity index (χ3v) is 2.44. The molecule has 1 saturated heterocycles. The SMILES string of the molecule is CC#CCCNC(=O)C1CCNCC1. The van der Waals surface area contributed by atoms with Crippen LogP contribution in [-0.2, 0) is 4.79 Å². The van der Waals surface area contributed by atoms with Crippen LogP contribution >= 0.6 is 0 Å². The first-order valence-corrected chi connectivity index (χ1v) is 5.22. The molecule has 0 radical (unpaired) electrons. The Kier molecular flexibility index (Phi) is 5.09. The van der Waals surface area contributed by atoms with Crippen molar-refractivity contribution in [3.63, 3.8) is 0 Å². The van der Waals surface area contributed by atoms with Crippen LogP contribution in [0.1, 0.15) is 26.2 Å². The minimum Gasteiger partial charge on any atom is -0.355 e. The summed E-state index contributed by atoms with van der Waals surface area (Å²) in [6, 6.07) is 0. The zero-order valence-corrected chi connectivity index (χ0v) is 8.73. The summed E-state index contributed by atoms with van der Waals surface area (Å²) in [6.07, 6.45) is 2.68. The number of rotatable bonds is 3. The highest BCUT2D eigenvalue weighted by Gasteiger charge is 2.19. The first kappa shape index (κ1) is 11.1. The Hall–Kier alpha value is -1.01. The fourth-order valence-electron chi connectivity index (χ4n) is 1.60. The molecule has 0 aliphatic carbocycles. The Morgan fingerprint density at radius 1 is 1.50 bits per heavy atom. The second kappa shape index (κ2) is 6.44. The predicted octanol–water partition coefficient (Wildman–Crippen LogP) is 0.516. The van der Waals surface area contributed by atoms with E-state index in [1.165, 1.54) is 0 Å². The molecule has 1 heterocycles. The highest BCUT2D eigenvalue weighted by Crippen LogP contribution is 2.10. The summed E-state index contributed by atoms with van der Waals surface area (Å²) >= 11 is 0. The van der Waals surface area contributed by atoms with E-state index in [1.54, 1.807) is 0 Å². The molecule has 1 rings (SSSR count). The standard InChI is InChI=1S/C11H18N2O/c1-2-3-4-7-13-11(14)10-5-8-12-9-6-10/h10,12H,4-9H2,1H3,(H,13,14). The van der Waals surface area contributed by atoms with E-state index < -0.39 is 0 Å². The molecule has 0 spiro atoms. The molecule has 3 heteroatoms. The maximum atomic E-state index is 11.6. The van der Waals surface area contributed by atoms with E-state index in [0.29, 0.717) is 6.54 Å². The van der Waals surface area contributed by atoms with E-state index in [1.807, 2.05) is 6.92 Å². The van der Waals surface area contributed by atoms with Gasteiger partial charge in [-0.2, -0.15) is 0 Å². The van der Waals surface area contributed by atoms with E-state index in [0.717, 1.165) is 32.4 Å². The van der Waals surface area contributed by atoms with Gasteiger partial charge in [-0.25, -0.2) is 0 Å². The van der Waals surface area contributed by atoms with E-state index in [-0.39, 0.29) is 11.8 Å². The largest absolute Gasteiger partial charge is 0.355 e. The second-order valence-electron chi connectivity index (χ2n) is 3.49. The molecule has 2 N–H and O–H groups in total. The highest BCUT2D eigenvalue weighted by molar-refractivity contribution is 5.78. The predicted molar refractivity (Wildman–Crippen MR) is 56.7 cm³/mol. The van der Waals surface area contributed by atoms with Crippen molar-refractivity contribution in [3.8, 4) is 11.8 Å². The van der Waals surface area contributed by atoms with Crippen LogP contribution in [0.25, 0.3) is 0 Å². The van der Waals surface area contributed by atoms with Crippen molar-refractivity contribution in [1.82, 2.24) is 10.6 Å². The molecule has 0 saturated carbocycles. The molecule has 1 fully saturated rings. The summed E-state index contributed by atoms with van der Waals surface area (Å²) in [5.41, 5.74) is 0. The summed E-state index contributed by atoms with van der Waals surface area (Å²) in [4.78, 5) is 11.6. The molecule has 0 aromatic heterocycles. The van der Waals surface area contributed by atoms with Crippen LogP contribution in [0.3, 0.4) is 0 Å². The third-order valence-electron chi connectivity index (χ3n) is 2.44. The van der Waals surface area contributed by atoms with Crippen LogP contribution in [-0.4, -0.2) is 25.5 Å². The van der Waals surface area contributed by atoms with Gasteiger partial charge in [0.05, 0.1) is 0 Å². The fourth-order valence-corrected chi connectivity index (χ4v) is 1.60. The lowest BCUT2D eigenvalue weighted by atomic mass is 9.97. The molecule has 1 aliphatic rings. The Morgan fingerprint density at radius 2 is 2.21 bits per heavy atom. The van der Waals surface area contributed by atoms with Crippen molar-refractivity contribution >= 4 is 5.91 Å². The average molecular weight is 194 g/mol. The molecule has 1 amide bonds. The minimum absolute atomic E-state index is 0.199. The quantitative estimate of drug-likeness (QED) is 0.508. The molecule has 0 atom stereocenters. The Bertz CT molecular complexity index is 233. The number of hydrogen-bond donors (Lipinski definition) is 2. The summed E-state index contributed by atoms with van der Waals surface area (Å²) in [7, 11) is 0. The van der Waals surface area contributed by atoms with Gasteiger partial charge >= 0.3 is 0 Å². The third kappa shape index (κ3) is 3.80. The van der Waals surface area contributed by atoms with Crippen molar-refractivity contribution in [1.29, 1.82) is 0 Å². The molecule has 3 nitrogen and oxygen atoms in total. The van der Waals surface area contributed by atoms with Gasteiger partial charge in [-0.15, -0.1) is 11.8 Å². The Balaban J connectivity index is 2.15. The summed E-state index contributed by atoms with van der Waals surface area (Å²) in [5.74, 6) is 6.15. The summed E-state index contributed by atoms with van der Waals surface area (Å²) < 4.78 is 0. The van der Waals surface area contributed by atoms with Crippen molar-refractivity contribution in [2.24, 2.45) is 5.92 Å². The fraction of sp³-hybridized carbons (Fsp3) is 0.727. The molecule has 0 aromatic carbocycles. The van der Waals surface area contributed by atoms with Crippen molar-refractivity contribution < 1.29 is 4.79 Å². The highest BCUT2D eigenvalue weighted by atomic mass is 16.1. The molecule has 0 unspecified atom stereocenters. The molecular formula is C11H18N2O. The van der Waals surface area contributed by atoms with Crippen LogP contribution in [0.2, 0.25) is 0 Å². The van der Waals surface area contributed by atoms with Crippen molar-refractivity contribution in [2.75, 3.05) is 19.6 Å². The van der Waals surface area contributed by atoms with Gasteiger partial charge in [0.25, 0.3) is 0 Å². The Morgan fingerprint density at radius 3 is 2.86 bits per heavy atom. The molecule has 14 heavy (non-hydrogen) atoms. The van der Waals surface area contributed by atoms with Crippen LogP contribution < -0.4 is 10.6 Å². The molecule has 0 bridgehead atoms. The van der Waals surface area contributed by atoms with Gasteiger partial charge in [-0.05, 0) is 32.9 Å². The number of carbonyl (C=O) groups excluding carboxylic acids is 1. The first-order valence-electron chi connectivity index (χ1n) is 5.22. The number of piperidine rings is 1. The van der Waals surface area contributed by atoms with Crippen molar-refractivity contribution in [3.05, 3.63) is 0 Å². The van der Waals surface area contributed by atoms with Gasteiger partial charge in [0, 0.05) is 18.9 Å². The normalized spacial score (nSPS) is 16.9. The lowest BCUT2D eigenvalue weighted by Gasteiger charge is -2.21. The van der Waals surface area contributed by atoms with Gasteiger partial charge in [-0.1, -0.05) is 0 Å². The van der Waals surface area contributed by atoms with Gasteiger partial charge in [0.2, 0.25) is 5.91 Å². The summed E-state index contributed by atoms with van der Waals surface area (Å²) in [6.45, 7) is 4.43. The smallest absolute Gasteiger partial charge is 0.223 e. The molecule has 78 valence electrons. The van der Waals surface area contributed by atoms with Crippen LogP contribution in [0.15, 0.2) is 0 Å². The lowest BCUT2D eigenvalue weighted by Crippen LogP contribution is -2.38. The van der Waals surface area contributed by atoms with Crippen molar-refractivity contribution in [2.45, 2.75) is 26.2 Å². The Labute approximate surface area is 85.6 Å². The zero-order valence-electron chi connectivity index (χ0n) is 8.73. The van der Waals surface area contributed by atoms with Gasteiger partial charge < -0.3 is 10.6 Å². The maximum absolute atomic E-state index is 11.6. The van der Waals surface area contributed by atoms with E-state index in [9.17, 15) is 4.79 Å². The monoisotopic (exact) mass is 194 g/mol. The van der Waals surface area contributed by atoms with Crippen LogP contribution in [0.5, 0.6) is 0 Å². The number of nitrogens with one attached hydrogen (secondary N) is 2. The van der Waals surface area contributed by atoms with E-state index in [2.05, 4.69) is 22.5 Å². The zero-order chi connectivity index (χ0) is 10.2. The number of carbonyl (C=O) groups is 1. The van der Waals surface area contributed by atoms with Crippen LogP contribution in [0.4, 0.5) is 0 Å². The van der Waals surface area contributed by atoms with E-state index >= 15 is 0 Å². The molecule has 0 aromatic rings. The van der Waals surface area contributed by atoms with Gasteiger partial charge in [0.1, 0.15) is 0 Å². The maximum Gasteiger partial charge on any atom is 0.223 e. The average Bonchev–Trinajstić information content (AvgIpc) is 2.25. The van der Waals surface area contributed by atoms with Crippen LogP contribution in [0, 0.1) is 17.8 Å². The number of hydrogen-bond acceptors (Lipinski definition) is 2. The minimum atomic E-state index is 0.199. The summed E-state index contributed by atoms with van der Waals surface area (Å²) in [5, 5.41) is 6.16. The number of amides is 1. The molecule has 1 aliphatic heterocycles. The lowest BCUT2D eigenvalue weighted by molar-refractivity contribution is -0.125.